The normalized spacial score (nSPS) is 11.6. The highest BCUT2D eigenvalue weighted by atomic mass is 15.0. The molecular weight excluding hydrogens is 220 g/mol. The summed E-state index contributed by atoms with van der Waals surface area (Å²) < 4.78 is 2.43. The van der Waals surface area contributed by atoms with Crippen molar-refractivity contribution in [1.29, 1.82) is 0 Å². The number of aryl methyl sites for hydroxylation is 2. The van der Waals surface area contributed by atoms with Crippen LogP contribution in [0.5, 0.6) is 0 Å². The molecule has 0 unspecified atom stereocenters. The molecule has 18 heavy (non-hydrogen) atoms. The van der Waals surface area contributed by atoms with E-state index >= 15 is 0 Å². The fraction of sp³-hybridized carbons (Fsp3) is 0.500. The van der Waals surface area contributed by atoms with Crippen LogP contribution in [-0.4, -0.2) is 30.1 Å². The van der Waals surface area contributed by atoms with Gasteiger partial charge in [0.05, 0.1) is 0 Å². The maximum Gasteiger partial charge on any atom is 0.0485 e. The molecule has 1 heterocycles. The summed E-state index contributed by atoms with van der Waals surface area (Å²) >= 11 is 0. The fourth-order valence-corrected chi connectivity index (χ4v) is 2.80. The molecule has 0 aliphatic heterocycles. The Bertz CT molecular complexity index is 523. The van der Waals surface area contributed by atoms with Crippen LogP contribution in [0.25, 0.3) is 10.9 Å². The number of aromatic nitrogens is 1. The first-order valence-electron chi connectivity index (χ1n) is 6.86. The van der Waals surface area contributed by atoms with Crippen molar-refractivity contribution in [2.75, 3.05) is 20.6 Å². The number of nitrogens with zero attached hydrogens (tertiary/aromatic N) is 2. The molecule has 98 valence electrons. The summed E-state index contributed by atoms with van der Waals surface area (Å²) in [6.07, 6.45) is 2.41. The first-order chi connectivity index (χ1) is 8.65. The number of benzene rings is 1. The molecule has 0 atom stereocenters. The van der Waals surface area contributed by atoms with E-state index in [0.717, 1.165) is 13.1 Å². The fourth-order valence-electron chi connectivity index (χ4n) is 2.80. The van der Waals surface area contributed by atoms with Crippen molar-refractivity contribution in [3.63, 3.8) is 0 Å². The second kappa shape index (κ2) is 5.57. The zero-order valence-electron chi connectivity index (χ0n) is 12.0. The van der Waals surface area contributed by atoms with Gasteiger partial charge in [-0.2, -0.15) is 0 Å². The maximum absolute atomic E-state index is 2.43. The van der Waals surface area contributed by atoms with E-state index in [1.54, 1.807) is 0 Å². The molecule has 0 saturated heterocycles. The van der Waals surface area contributed by atoms with Crippen LogP contribution >= 0.6 is 0 Å². The highest BCUT2D eigenvalue weighted by Crippen LogP contribution is 2.26. The SMILES string of the molecule is CCn1c(C)c(CCCN(C)C)c2ccccc21. The van der Waals surface area contributed by atoms with E-state index in [0.29, 0.717) is 0 Å². The molecule has 0 fully saturated rings. The zero-order chi connectivity index (χ0) is 13.1. The summed E-state index contributed by atoms with van der Waals surface area (Å²) in [7, 11) is 4.28. The minimum Gasteiger partial charge on any atom is -0.345 e. The summed E-state index contributed by atoms with van der Waals surface area (Å²) in [4.78, 5) is 2.26. The molecule has 0 aliphatic rings. The van der Waals surface area contributed by atoms with E-state index in [-0.39, 0.29) is 0 Å². The molecule has 0 amide bonds. The van der Waals surface area contributed by atoms with Crippen molar-refractivity contribution < 1.29 is 0 Å². The minimum atomic E-state index is 1.06. The Morgan fingerprint density at radius 2 is 1.89 bits per heavy atom. The average Bonchev–Trinajstić information content (AvgIpc) is 2.62. The van der Waals surface area contributed by atoms with Gasteiger partial charge in [-0.1, -0.05) is 18.2 Å². The van der Waals surface area contributed by atoms with Gasteiger partial charge >= 0.3 is 0 Å². The predicted molar refractivity (Wildman–Crippen MR) is 79.2 cm³/mol. The van der Waals surface area contributed by atoms with Gasteiger partial charge in [0.15, 0.2) is 0 Å². The molecule has 0 bridgehead atoms. The number of hydrogen-bond acceptors (Lipinski definition) is 1. The van der Waals surface area contributed by atoms with Crippen LogP contribution in [-0.2, 0) is 13.0 Å². The standard InChI is InChI=1S/C16H24N2/c1-5-18-13(2)14(10-8-12-17(3)4)15-9-6-7-11-16(15)18/h6-7,9,11H,5,8,10,12H2,1-4H3. The Balaban J connectivity index is 2.34. The molecule has 2 heteroatoms. The lowest BCUT2D eigenvalue weighted by Crippen LogP contribution is -2.13. The molecule has 1 aromatic carbocycles. The van der Waals surface area contributed by atoms with Crippen molar-refractivity contribution in [3.05, 3.63) is 35.5 Å². The largest absolute Gasteiger partial charge is 0.345 e. The molecule has 1 aromatic heterocycles. The summed E-state index contributed by atoms with van der Waals surface area (Å²) in [5.41, 5.74) is 4.36. The predicted octanol–water partition coefficient (Wildman–Crippen LogP) is 3.46. The molecular formula is C16H24N2. The van der Waals surface area contributed by atoms with Crippen molar-refractivity contribution >= 4 is 10.9 Å². The maximum atomic E-state index is 2.43. The Morgan fingerprint density at radius 1 is 1.17 bits per heavy atom. The first-order valence-corrected chi connectivity index (χ1v) is 6.86. The van der Waals surface area contributed by atoms with E-state index in [4.69, 9.17) is 0 Å². The van der Waals surface area contributed by atoms with Crippen molar-refractivity contribution in [3.8, 4) is 0 Å². The number of rotatable bonds is 5. The van der Waals surface area contributed by atoms with Gasteiger partial charge in [-0.15, -0.1) is 0 Å². The van der Waals surface area contributed by atoms with E-state index in [9.17, 15) is 0 Å². The van der Waals surface area contributed by atoms with Crippen LogP contribution in [0.2, 0.25) is 0 Å². The molecule has 0 N–H and O–H groups in total. The van der Waals surface area contributed by atoms with Gasteiger partial charge < -0.3 is 9.47 Å². The smallest absolute Gasteiger partial charge is 0.0485 e. The highest BCUT2D eigenvalue weighted by Gasteiger charge is 2.11. The quantitative estimate of drug-likeness (QED) is 0.782. The van der Waals surface area contributed by atoms with E-state index in [1.165, 1.54) is 35.0 Å². The second-order valence-corrected chi connectivity index (χ2v) is 5.23. The van der Waals surface area contributed by atoms with Gasteiger partial charge in [0.1, 0.15) is 0 Å². The Kier molecular flexibility index (Phi) is 4.07. The van der Waals surface area contributed by atoms with Gasteiger partial charge in [-0.3, -0.25) is 0 Å². The van der Waals surface area contributed by atoms with Gasteiger partial charge in [-0.05, 0) is 59.0 Å². The molecule has 0 saturated carbocycles. The lowest BCUT2D eigenvalue weighted by atomic mass is 10.1. The molecule has 0 radical (unpaired) electrons. The summed E-state index contributed by atoms with van der Waals surface area (Å²) in [5.74, 6) is 0. The molecule has 0 spiro atoms. The van der Waals surface area contributed by atoms with Crippen LogP contribution in [0.1, 0.15) is 24.6 Å². The third-order valence-corrected chi connectivity index (χ3v) is 3.71. The van der Waals surface area contributed by atoms with Crippen molar-refractivity contribution in [1.82, 2.24) is 9.47 Å². The summed E-state index contributed by atoms with van der Waals surface area (Å²) in [6, 6.07) is 8.79. The third kappa shape index (κ3) is 2.44. The van der Waals surface area contributed by atoms with Gasteiger partial charge in [0.2, 0.25) is 0 Å². The monoisotopic (exact) mass is 244 g/mol. The zero-order valence-corrected chi connectivity index (χ0v) is 12.0. The average molecular weight is 244 g/mol. The Labute approximate surface area is 110 Å². The second-order valence-electron chi connectivity index (χ2n) is 5.23. The van der Waals surface area contributed by atoms with Crippen LogP contribution in [0.3, 0.4) is 0 Å². The highest BCUT2D eigenvalue weighted by molar-refractivity contribution is 5.85. The lowest BCUT2D eigenvalue weighted by molar-refractivity contribution is 0.400. The number of fused-ring (bicyclic) bond motifs is 1. The number of hydrogen-bond donors (Lipinski definition) is 0. The van der Waals surface area contributed by atoms with E-state index < -0.39 is 0 Å². The van der Waals surface area contributed by atoms with Crippen LogP contribution in [0.4, 0.5) is 0 Å². The topological polar surface area (TPSA) is 8.17 Å². The van der Waals surface area contributed by atoms with Crippen molar-refractivity contribution in [2.24, 2.45) is 0 Å². The van der Waals surface area contributed by atoms with Crippen LogP contribution < -0.4 is 0 Å². The van der Waals surface area contributed by atoms with Crippen LogP contribution in [0.15, 0.2) is 24.3 Å². The van der Waals surface area contributed by atoms with Crippen molar-refractivity contribution in [2.45, 2.75) is 33.2 Å². The van der Waals surface area contributed by atoms with E-state index in [2.05, 4.69) is 61.7 Å². The minimum absolute atomic E-state index is 1.06. The Morgan fingerprint density at radius 3 is 2.56 bits per heavy atom. The summed E-state index contributed by atoms with van der Waals surface area (Å²) in [6.45, 7) is 6.70. The summed E-state index contributed by atoms with van der Waals surface area (Å²) in [5, 5.41) is 1.44. The Hall–Kier alpha value is -1.28. The van der Waals surface area contributed by atoms with Gasteiger partial charge in [0.25, 0.3) is 0 Å². The lowest BCUT2D eigenvalue weighted by Gasteiger charge is -2.09. The molecule has 0 aliphatic carbocycles. The van der Waals surface area contributed by atoms with E-state index in [1.807, 2.05) is 0 Å². The number of para-hydroxylation sites is 1. The third-order valence-electron chi connectivity index (χ3n) is 3.71. The molecule has 2 nitrogen and oxygen atoms in total. The molecule has 2 rings (SSSR count). The molecule has 2 aromatic rings. The van der Waals surface area contributed by atoms with Crippen LogP contribution in [0, 0.1) is 6.92 Å². The van der Waals surface area contributed by atoms with Gasteiger partial charge in [0, 0.05) is 23.1 Å². The van der Waals surface area contributed by atoms with Gasteiger partial charge in [-0.25, -0.2) is 0 Å². The first kappa shape index (κ1) is 13.2.